The predicted octanol–water partition coefficient (Wildman–Crippen LogP) is 2.65. The Labute approximate surface area is 117 Å². The lowest BCUT2D eigenvalue weighted by Gasteiger charge is -2.20. The molecule has 1 heterocycles. The number of aliphatic hydroxyl groups excluding tert-OH is 1. The first-order valence-electron chi connectivity index (χ1n) is 5.66. The molecular formula is C12H17Cl2NO3. The third kappa shape index (κ3) is 3.01. The maximum atomic E-state index is 9.89. The molecule has 0 aromatic heterocycles. The summed E-state index contributed by atoms with van der Waals surface area (Å²) in [7, 11) is 0. The van der Waals surface area contributed by atoms with Crippen molar-refractivity contribution in [2.75, 3.05) is 6.79 Å². The summed E-state index contributed by atoms with van der Waals surface area (Å²) in [5, 5.41) is 10.4. The van der Waals surface area contributed by atoms with Gasteiger partial charge in [0.1, 0.15) is 0 Å². The Morgan fingerprint density at radius 3 is 2.61 bits per heavy atom. The van der Waals surface area contributed by atoms with Gasteiger partial charge in [0, 0.05) is 11.1 Å². The van der Waals surface area contributed by atoms with Gasteiger partial charge in [0.25, 0.3) is 0 Å². The molecule has 0 radical (unpaired) electrons. The molecule has 2 rings (SSSR count). The molecule has 0 aliphatic carbocycles. The summed E-state index contributed by atoms with van der Waals surface area (Å²) >= 11 is 6.12. The minimum absolute atomic E-state index is 0. The number of halogens is 2. The van der Waals surface area contributed by atoms with Gasteiger partial charge in [-0.3, -0.25) is 0 Å². The van der Waals surface area contributed by atoms with Crippen molar-refractivity contribution in [2.45, 2.75) is 31.9 Å². The molecule has 1 aliphatic rings. The SMILES string of the molecule is CCC[C@H](O)[C@H](N)c1cc2c(cc1Cl)OCO2.Cl. The third-order valence-electron chi connectivity index (χ3n) is 2.85. The molecule has 1 aromatic carbocycles. The number of benzene rings is 1. The lowest BCUT2D eigenvalue weighted by Crippen LogP contribution is -2.26. The molecule has 1 aliphatic heterocycles. The normalized spacial score (nSPS) is 16.0. The van der Waals surface area contributed by atoms with E-state index in [2.05, 4.69) is 0 Å². The van der Waals surface area contributed by atoms with Gasteiger partial charge in [-0.2, -0.15) is 0 Å². The van der Waals surface area contributed by atoms with Crippen molar-refractivity contribution >= 4 is 24.0 Å². The smallest absolute Gasteiger partial charge is 0.231 e. The first kappa shape index (κ1) is 15.4. The second-order valence-electron chi connectivity index (χ2n) is 4.11. The average molecular weight is 294 g/mol. The van der Waals surface area contributed by atoms with Crippen molar-refractivity contribution in [1.82, 2.24) is 0 Å². The van der Waals surface area contributed by atoms with Gasteiger partial charge >= 0.3 is 0 Å². The highest BCUT2D eigenvalue weighted by atomic mass is 35.5. The van der Waals surface area contributed by atoms with Crippen LogP contribution in [0.15, 0.2) is 12.1 Å². The minimum atomic E-state index is -0.599. The summed E-state index contributed by atoms with van der Waals surface area (Å²) in [6.45, 7) is 2.19. The van der Waals surface area contributed by atoms with Crippen molar-refractivity contribution in [2.24, 2.45) is 5.73 Å². The number of fused-ring (bicyclic) bond motifs is 1. The monoisotopic (exact) mass is 293 g/mol. The molecule has 3 N–H and O–H groups in total. The molecule has 0 amide bonds. The van der Waals surface area contributed by atoms with E-state index in [9.17, 15) is 5.11 Å². The summed E-state index contributed by atoms with van der Waals surface area (Å²) in [4.78, 5) is 0. The van der Waals surface area contributed by atoms with Crippen molar-refractivity contribution in [3.63, 3.8) is 0 Å². The van der Waals surface area contributed by atoms with E-state index in [-0.39, 0.29) is 19.2 Å². The summed E-state index contributed by atoms with van der Waals surface area (Å²) in [5.74, 6) is 1.25. The van der Waals surface area contributed by atoms with E-state index < -0.39 is 12.1 Å². The number of aliphatic hydroxyl groups is 1. The van der Waals surface area contributed by atoms with E-state index in [1.165, 1.54) is 0 Å². The number of hydrogen-bond donors (Lipinski definition) is 2. The van der Waals surface area contributed by atoms with Gasteiger partial charge < -0.3 is 20.3 Å². The Morgan fingerprint density at radius 2 is 2.00 bits per heavy atom. The first-order chi connectivity index (χ1) is 8.13. The van der Waals surface area contributed by atoms with Gasteiger partial charge in [0.15, 0.2) is 11.5 Å². The molecule has 4 nitrogen and oxygen atoms in total. The highest BCUT2D eigenvalue weighted by molar-refractivity contribution is 6.31. The van der Waals surface area contributed by atoms with Crippen LogP contribution in [0.25, 0.3) is 0 Å². The Kier molecular flexibility index (Phi) is 5.53. The van der Waals surface area contributed by atoms with Crippen LogP contribution in [0.2, 0.25) is 5.02 Å². The Balaban J connectivity index is 0.00000162. The van der Waals surface area contributed by atoms with Gasteiger partial charge in [-0.1, -0.05) is 24.9 Å². The average Bonchev–Trinajstić information content (AvgIpc) is 2.74. The van der Waals surface area contributed by atoms with Gasteiger partial charge in [-0.15, -0.1) is 12.4 Å². The number of ether oxygens (including phenoxy) is 2. The third-order valence-corrected chi connectivity index (χ3v) is 3.18. The van der Waals surface area contributed by atoms with Crippen molar-refractivity contribution in [1.29, 1.82) is 0 Å². The van der Waals surface area contributed by atoms with Crippen LogP contribution < -0.4 is 15.2 Å². The van der Waals surface area contributed by atoms with Crippen LogP contribution in [0.1, 0.15) is 31.4 Å². The van der Waals surface area contributed by atoms with Crippen LogP contribution in [0.4, 0.5) is 0 Å². The van der Waals surface area contributed by atoms with E-state index in [0.717, 1.165) is 6.42 Å². The predicted molar refractivity (Wildman–Crippen MR) is 72.7 cm³/mol. The molecule has 1 aromatic rings. The molecule has 0 saturated carbocycles. The van der Waals surface area contributed by atoms with Crippen molar-refractivity contribution < 1.29 is 14.6 Å². The lowest BCUT2D eigenvalue weighted by molar-refractivity contribution is 0.134. The number of hydrogen-bond acceptors (Lipinski definition) is 4. The van der Waals surface area contributed by atoms with Crippen LogP contribution in [-0.4, -0.2) is 18.0 Å². The number of rotatable bonds is 4. The maximum absolute atomic E-state index is 9.89. The molecule has 0 unspecified atom stereocenters. The van der Waals surface area contributed by atoms with Gasteiger partial charge in [-0.25, -0.2) is 0 Å². The second kappa shape index (κ2) is 6.48. The largest absolute Gasteiger partial charge is 0.454 e. The summed E-state index contributed by atoms with van der Waals surface area (Å²) in [6.07, 6.45) is 0.918. The summed E-state index contributed by atoms with van der Waals surface area (Å²) < 4.78 is 10.5. The quantitative estimate of drug-likeness (QED) is 0.896. The molecule has 0 fully saturated rings. The molecule has 0 spiro atoms. The van der Waals surface area contributed by atoms with E-state index in [1.54, 1.807) is 12.1 Å². The fourth-order valence-electron chi connectivity index (χ4n) is 1.87. The Hall–Kier alpha value is -0.680. The van der Waals surface area contributed by atoms with Gasteiger partial charge in [-0.05, 0) is 18.1 Å². The molecule has 6 heteroatoms. The Bertz CT molecular complexity index is 415. The van der Waals surface area contributed by atoms with E-state index in [4.69, 9.17) is 26.8 Å². The summed E-state index contributed by atoms with van der Waals surface area (Å²) in [5.41, 5.74) is 6.68. The fourth-order valence-corrected chi connectivity index (χ4v) is 2.15. The highest BCUT2D eigenvalue weighted by Crippen LogP contribution is 2.39. The fraction of sp³-hybridized carbons (Fsp3) is 0.500. The molecule has 18 heavy (non-hydrogen) atoms. The summed E-state index contributed by atoms with van der Waals surface area (Å²) in [6, 6.07) is 2.92. The topological polar surface area (TPSA) is 64.7 Å². The molecule has 0 saturated heterocycles. The lowest BCUT2D eigenvalue weighted by atomic mass is 9.99. The van der Waals surface area contributed by atoms with Crippen LogP contribution in [-0.2, 0) is 0 Å². The molecular weight excluding hydrogens is 277 g/mol. The van der Waals surface area contributed by atoms with E-state index in [0.29, 0.717) is 28.5 Å². The highest BCUT2D eigenvalue weighted by Gasteiger charge is 2.23. The van der Waals surface area contributed by atoms with Gasteiger partial charge in [0.2, 0.25) is 6.79 Å². The standard InChI is InChI=1S/C12H16ClNO3.ClH/c1-2-3-9(15)12(14)7-4-10-11(5-8(7)13)17-6-16-10;/h4-5,9,12,15H,2-3,6,14H2,1H3;1H/t9-,12+;/m0./s1. The van der Waals surface area contributed by atoms with E-state index in [1.807, 2.05) is 6.92 Å². The van der Waals surface area contributed by atoms with Crippen LogP contribution >= 0.6 is 24.0 Å². The van der Waals surface area contributed by atoms with E-state index >= 15 is 0 Å². The number of nitrogens with two attached hydrogens (primary N) is 1. The zero-order chi connectivity index (χ0) is 12.4. The zero-order valence-electron chi connectivity index (χ0n) is 10.1. The Morgan fingerprint density at radius 1 is 1.39 bits per heavy atom. The zero-order valence-corrected chi connectivity index (χ0v) is 11.6. The van der Waals surface area contributed by atoms with Crippen molar-refractivity contribution in [3.8, 4) is 11.5 Å². The van der Waals surface area contributed by atoms with Crippen molar-refractivity contribution in [3.05, 3.63) is 22.7 Å². The maximum Gasteiger partial charge on any atom is 0.231 e. The minimum Gasteiger partial charge on any atom is -0.454 e. The van der Waals surface area contributed by atoms with Crippen LogP contribution in [0, 0.1) is 0 Å². The molecule has 0 bridgehead atoms. The van der Waals surface area contributed by atoms with Crippen LogP contribution in [0.5, 0.6) is 11.5 Å². The second-order valence-corrected chi connectivity index (χ2v) is 4.52. The van der Waals surface area contributed by atoms with Crippen LogP contribution in [0.3, 0.4) is 0 Å². The molecule has 102 valence electrons. The first-order valence-corrected chi connectivity index (χ1v) is 6.04. The van der Waals surface area contributed by atoms with Gasteiger partial charge in [0.05, 0.1) is 12.1 Å². The molecule has 2 atom stereocenters.